The normalized spacial score (nSPS) is 15.7. The monoisotopic (exact) mass is 369 g/mol. The van der Waals surface area contributed by atoms with Gasteiger partial charge < -0.3 is 9.80 Å². The topological polar surface area (TPSA) is 36.4 Å². The van der Waals surface area contributed by atoms with Crippen LogP contribution >= 0.6 is 0 Å². The minimum atomic E-state index is 0.0706. The van der Waals surface area contributed by atoms with E-state index in [1.54, 1.807) is 6.20 Å². The lowest BCUT2D eigenvalue weighted by molar-refractivity contribution is 0.0734. The average Bonchev–Trinajstić information content (AvgIpc) is 2.78. The Balaban J connectivity index is 1.36. The summed E-state index contributed by atoms with van der Waals surface area (Å²) >= 11 is 0. The average molecular weight is 369 g/mol. The number of fused-ring (bicyclic) bond motifs is 2. The lowest BCUT2D eigenvalue weighted by atomic mass is 9.99. The summed E-state index contributed by atoms with van der Waals surface area (Å²) in [6.45, 7) is 3.26. The highest BCUT2D eigenvalue weighted by Gasteiger charge is 2.23. The van der Waals surface area contributed by atoms with E-state index in [1.807, 2.05) is 23.2 Å². The summed E-state index contributed by atoms with van der Waals surface area (Å²) in [7, 11) is 0. The van der Waals surface area contributed by atoms with Crippen molar-refractivity contribution in [2.45, 2.75) is 25.9 Å². The van der Waals surface area contributed by atoms with Gasteiger partial charge in [-0.2, -0.15) is 0 Å². The molecule has 4 nitrogen and oxygen atoms in total. The highest BCUT2D eigenvalue weighted by Crippen LogP contribution is 2.26. The highest BCUT2D eigenvalue weighted by atomic mass is 16.2. The van der Waals surface area contributed by atoms with Gasteiger partial charge in [0.15, 0.2) is 0 Å². The van der Waals surface area contributed by atoms with Crippen LogP contribution in [0.1, 0.15) is 32.6 Å². The molecule has 0 saturated heterocycles. The second kappa shape index (κ2) is 7.12. The summed E-state index contributed by atoms with van der Waals surface area (Å²) < 4.78 is 0. The maximum Gasteiger partial charge on any atom is 0.255 e. The number of hydrogen-bond donors (Lipinski definition) is 0. The van der Waals surface area contributed by atoms with Gasteiger partial charge in [-0.15, -0.1) is 0 Å². The molecular weight excluding hydrogens is 346 g/mol. The molecule has 2 aliphatic rings. The van der Waals surface area contributed by atoms with E-state index in [2.05, 4.69) is 52.3 Å². The van der Waals surface area contributed by atoms with Crippen LogP contribution in [0, 0.1) is 0 Å². The standard InChI is InChI=1S/C24H23N3O/c28-24(27-12-10-19-6-2-4-8-21(19)17-27)22-13-23(15-25-14-22)26-11-9-18-5-1-3-7-20(18)16-26/h1-8,13-15H,9-12,16-17H2. The van der Waals surface area contributed by atoms with Crippen molar-refractivity contribution in [1.82, 2.24) is 9.88 Å². The van der Waals surface area contributed by atoms with E-state index < -0.39 is 0 Å². The van der Waals surface area contributed by atoms with Crippen LogP contribution in [0.15, 0.2) is 67.0 Å². The van der Waals surface area contributed by atoms with E-state index in [4.69, 9.17) is 0 Å². The Morgan fingerprint density at radius 3 is 2.18 bits per heavy atom. The molecule has 0 spiro atoms. The number of hydrogen-bond acceptors (Lipinski definition) is 3. The molecule has 0 unspecified atom stereocenters. The van der Waals surface area contributed by atoms with Crippen molar-refractivity contribution in [2.75, 3.05) is 18.0 Å². The first-order valence-electron chi connectivity index (χ1n) is 9.91. The van der Waals surface area contributed by atoms with E-state index in [-0.39, 0.29) is 5.91 Å². The van der Waals surface area contributed by atoms with Crippen LogP contribution in [-0.4, -0.2) is 28.9 Å². The first-order valence-corrected chi connectivity index (χ1v) is 9.91. The fourth-order valence-electron chi connectivity index (χ4n) is 4.29. The summed E-state index contributed by atoms with van der Waals surface area (Å²) in [5.41, 5.74) is 7.09. The molecule has 0 radical (unpaired) electrons. The van der Waals surface area contributed by atoms with Gasteiger partial charge in [0.25, 0.3) is 5.91 Å². The van der Waals surface area contributed by atoms with Crippen molar-refractivity contribution in [1.29, 1.82) is 0 Å². The lowest BCUT2D eigenvalue weighted by Crippen LogP contribution is -2.36. The van der Waals surface area contributed by atoms with Crippen LogP contribution in [0.4, 0.5) is 5.69 Å². The van der Waals surface area contributed by atoms with Crippen molar-refractivity contribution in [3.05, 3.63) is 94.8 Å². The summed E-state index contributed by atoms with van der Waals surface area (Å²) in [6, 6.07) is 19.0. The summed E-state index contributed by atoms with van der Waals surface area (Å²) in [5, 5.41) is 0. The molecule has 140 valence electrons. The van der Waals surface area contributed by atoms with Gasteiger partial charge >= 0.3 is 0 Å². The second-order valence-electron chi connectivity index (χ2n) is 7.62. The first-order chi connectivity index (χ1) is 13.8. The van der Waals surface area contributed by atoms with Gasteiger partial charge in [0.05, 0.1) is 17.4 Å². The minimum absolute atomic E-state index is 0.0706. The van der Waals surface area contributed by atoms with Gasteiger partial charge in [-0.1, -0.05) is 48.5 Å². The molecule has 5 rings (SSSR count). The van der Waals surface area contributed by atoms with Crippen LogP contribution in [0.25, 0.3) is 0 Å². The molecule has 28 heavy (non-hydrogen) atoms. The number of pyridine rings is 1. The molecule has 4 heteroatoms. The summed E-state index contributed by atoms with van der Waals surface area (Å²) in [5.74, 6) is 0.0706. The van der Waals surface area contributed by atoms with Gasteiger partial charge in [-0.05, 0) is 41.2 Å². The number of carbonyl (C=O) groups excluding carboxylic acids is 1. The third-order valence-electron chi connectivity index (χ3n) is 5.88. The highest BCUT2D eigenvalue weighted by molar-refractivity contribution is 5.95. The first kappa shape index (κ1) is 17.0. The van der Waals surface area contributed by atoms with Crippen molar-refractivity contribution in [2.24, 2.45) is 0 Å². The maximum absolute atomic E-state index is 13.1. The smallest absolute Gasteiger partial charge is 0.255 e. The molecule has 3 aromatic rings. The minimum Gasteiger partial charge on any atom is -0.366 e. The predicted octanol–water partition coefficient (Wildman–Crippen LogP) is 3.84. The molecule has 2 aliphatic heterocycles. The van der Waals surface area contributed by atoms with Crippen molar-refractivity contribution in [3.8, 4) is 0 Å². The van der Waals surface area contributed by atoms with E-state index >= 15 is 0 Å². The summed E-state index contributed by atoms with van der Waals surface area (Å²) in [4.78, 5) is 21.8. The lowest BCUT2D eigenvalue weighted by Gasteiger charge is -2.31. The zero-order valence-electron chi connectivity index (χ0n) is 15.8. The number of rotatable bonds is 2. The van der Waals surface area contributed by atoms with Crippen LogP contribution in [0.3, 0.4) is 0 Å². The van der Waals surface area contributed by atoms with Crippen LogP contribution in [-0.2, 0) is 25.9 Å². The number of aromatic nitrogens is 1. The molecule has 0 saturated carbocycles. The Labute approximate surface area is 165 Å². The van der Waals surface area contributed by atoms with Crippen molar-refractivity contribution >= 4 is 11.6 Å². The van der Waals surface area contributed by atoms with Gasteiger partial charge in [-0.25, -0.2) is 0 Å². The van der Waals surface area contributed by atoms with Gasteiger partial charge in [0.1, 0.15) is 0 Å². The Hall–Kier alpha value is -3.14. The molecule has 0 N–H and O–H groups in total. The number of nitrogens with zero attached hydrogens (tertiary/aromatic N) is 3. The Bertz CT molecular complexity index is 1030. The van der Waals surface area contributed by atoms with Gasteiger partial charge in [0.2, 0.25) is 0 Å². The number of benzene rings is 2. The molecule has 2 aromatic carbocycles. The molecule has 0 fully saturated rings. The zero-order chi connectivity index (χ0) is 18.9. The second-order valence-corrected chi connectivity index (χ2v) is 7.62. The third-order valence-corrected chi connectivity index (χ3v) is 5.88. The van der Waals surface area contributed by atoms with E-state index in [0.29, 0.717) is 12.1 Å². The van der Waals surface area contributed by atoms with E-state index in [0.717, 1.165) is 38.2 Å². The van der Waals surface area contributed by atoms with Crippen LogP contribution < -0.4 is 4.90 Å². The maximum atomic E-state index is 13.1. The summed E-state index contributed by atoms with van der Waals surface area (Å²) in [6.07, 6.45) is 5.51. The van der Waals surface area contributed by atoms with E-state index in [1.165, 1.54) is 22.3 Å². The number of anilines is 1. The quantitative estimate of drug-likeness (QED) is 0.689. The van der Waals surface area contributed by atoms with Crippen molar-refractivity contribution in [3.63, 3.8) is 0 Å². The SMILES string of the molecule is O=C(c1cncc(N2CCc3ccccc3C2)c1)N1CCc2ccccc2C1. The fraction of sp³-hybridized carbons (Fsp3) is 0.250. The Morgan fingerprint density at radius 2 is 1.43 bits per heavy atom. The molecule has 1 amide bonds. The Kier molecular flexibility index (Phi) is 4.32. The molecule has 0 aliphatic carbocycles. The molecule has 3 heterocycles. The Morgan fingerprint density at radius 1 is 0.786 bits per heavy atom. The van der Waals surface area contributed by atoms with Gasteiger partial charge in [0, 0.05) is 32.4 Å². The largest absolute Gasteiger partial charge is 0.366 e. The molecular formula is C24H23N3O. The fourth-order valence-corrected chi connectivity index (χ4v) is 4.29. The van der Waals surface area contributed by atoms with Crippen LogP contribution in [0.5, 0.6) is 0 Å². The van der Waals surface area contributed by atoms with Crippen molar-refractivity contribution < 1.29 is 4.79 Å². The predicted molar refractivity (Wildman–Crippen MR) is 110 cm³/mol. The number of amides is 1. The molecule has 1 aromatic heterocycles. The third kappa shape index (κ3) is 3.15. The van der Waals surface area contributed by atoms with E-state index in [9.17, 15) is 4.79 Å². The van der Waals surface area contributed by atoms with Gasteiger partial charge in [-0.3, -0.25) is 9.78 Å². The zero-order valence-corrected chi connectivity index (χ0v) is 15.8. The molecule has 0 bridgehead atoms. The number of carbonyl (C=O) groups is 1. The van der Waals surface area contributed by atoms with Crippen LogP contribution in [0.2, 0.25) is 0 Å². The molecule has 0 atom stereocenters.